The maximum absolute atomic E-state index is 13.1. The summed E-state index contributed by atoms with van der Waals surface area (Å²) >= 11 is 0. The number of rotatable bonds is 4. The molecule has 5 heteroatoms. The van der Waals surface area contributed by atoms with Gasteiger partial charge in [0.1, 0.15) is 5.82 Å². The monoisotopic (exact) mass is 262 g/mol. The van der Waals surface area contributed by atoms with Crippen molar-refractivity contribution in [1.29, 1.82) is 0 Å². The summed E-state index contributed by atoms with van der Waals surface area (Å²) in [5.74, 6) is 1.05. The van der Waals surface area contributed by atoms with Gasteiger partial charge in [0.15, 0.2) is 0 Å². The first kappa shape index (κ1) is 12.4. The quantitative estimate of drug-likeness (QED) is 0.793. The van der Waals surface area contributed by atoms with E-state index in [1.165, 1.54) is 37.8 Å². The molecule has 1 fully saturated rings. The maximum atomic E-state index is 13.1. The number of aromatic amines is 1. The Morgan fingerprint density at radius 1 is 1.42 bits per heavy atom. The Hall–Kier alpha value is -1.62. The number of benzene rings is 1. The molecule has 0 spiro atoms. The van der Waals surface area contributed by atoms with Crippen LogP contribution in [0.4, 0.5) is 10.3 Å². The third-order valence-corrected chi connectivity index (χ3v) is 3.99. The molecular weight excluding hydrogens is 243 g/mol. The van der Waals surface area contributed by atoms with E-state index in [1.54, 1.807) is 6.07 Å². The van der Waals surface area contributed by atoms with Gasteiger partial charge in [0, 0.05) is 12.6 Å². The number of nitrogens with zero attached hydrogens (tertiary/aromatic N) is 1. The minimum atomic E-state index is -0.256. The van der Waals surface area contributed by atoms with Crippen molar-refractivity contribution in [2.75, 3.05) is 11.9 Å². The van der Waals surface area contributed by atoms with Crippen LogP contribution < -0.4 is 11.1 Å². The summed E-state index contributed by atoms with van der Waals surface area (Å²) in [5.41, 5.74) is 7.34. The smallest absolute Gasteiger partial charge is 0.201 e. The zero-order valence-corrected chi connectivity index (χ0v) is 10.8. The van der Waals surface area contributed by atoms with Crippen LogP contribution in [0.5, 0.6) is 0 Å². The summed E-state index contributed by atoms with van der Waals surface area (Å²) in [7, 11) is 0. The molecule has 0 radical (unpaired) electrons. The molecule has 1 saturated carbocycles. The average molecular weight is 262 g/mol. The summed E-state index contributed by atoms with van der Waals surface area (Å²) in [4.78, 5) is 7.53. The fourth-order valence-corrected chi connectivity index (χ4v) is 2.95. The highest BCUT2D eigenvalue weighted by molar-refractivity contribution is 5.77. The zero-order valence-electron chi connectivity index (χ0n) is 10.8. The Kier molecular flexibility index (Phi) is 3.38. The van der Waals surface area contributed by atoms with Crippen LogP contribution in [-0.4, -0.2) is 22.6 Å². The Labute approximate surface area is 111 Å². The molecular formula is C14H19FN4. The molecule has 0 saturated heterocycles. The third-order valence-electron chi connectivity index (χ3n) is 3.99. The van der Waals surface area contributed by atoms with Crippen molar-refractivity contribution in [3.8, 4) is 0 Å². The van der Waals surface area contributed by atoms with Gasteiger partial charge in [-0.3, -0.25) is 0 Å². The fraction of sp³-hybridized carbons (Fsp3) is 0.500. The molecule has 2 aromatic rings. The van der Waals surface area contributed by atoms with E-state index in [-0.39, 0.29) is 11.9 Å². The minimum Gasteiger partial charge on any atom is -0.352 e. The molecule has 1 heterocycles. The van der Waals surface area contributed by atoms with E-state index in [1.807, 2.05) is 0 Å². The molecule has 19 heavy (non-hydrogen) atoms. The van der Waals surface area contributed by atoms with Crippen LogP contribution in [-0.2, 0) is 0 Å². The predicted molar refractivity (Wildman–Crippen MR) is 74.5 cm³/mol. The van der Waals surface area contributed by atoms with Crippen molar-refractivity contribution in [2.45, 2.75) is 31.7 Å². The van der Waals surface area contributed by atoms with Crippen LogP contribution in [0, 0.1) is 11.7 Å². The van der Waals surface area contributed by atoms with Gasteiger partial charge in [-0.2, -0.15) is 0 Å². The summed E-state index contributed by atoms with van der Waals surface area (Å²) in [6, 6.07) is 4.80. The third kappa shape index (κ3) is 2.56. The minimum absolute atomic E-state index is 0.243. The fourth-order valence-electron chi connectivity index (χ4n) is 2.95. The van der Waals surface area contributed by atoms with E-state index in [0.717, 1.165) is 5.52 Å². The van der Waals surface area contributed by atoms with Crippen LogP contribution in [0.3, 0.4) is 0 Å². The number of aromatic nitrogens is 2. The molecule has 1 aromatic carbocycles. The van der Waals surface area contributed by atoms with E-state index in [0.29, 0.717) is 23.9 Å². The van der Waals surface area contributed by atoms with Crippen molar-refractivity contribution >= 4 is 17.0 Å². The second-order valence-electron chi connectivity index (χ2n) is 5.28. The molecule has 4 N–H and O–H groups in total. The number of anilines is 1. The van der Waals surface area contributed by atoms with E-state index >= 15 is 0 Å². The molecule has 1 aliphatic rings. The summed E-state index contributed by atoms with van der Waals surface area (Å²) in [6.45, 7) is 0.593. The van der Waals surface area contributed by atoms with Crippen LogP contribution in [0.15, 0.2) is 18.2 Å². The number of nitrogens with one attached hydrogen (secondary N) is 2. The van der Waals surface area contributed by atoms with Gasteiger partial charge < -0.3 is 16.0 Å². The van der Waals surface area contributed by atoms with Crippen LogP contribution in [0.1, 0.15) is 25.7 Å². The molecule has 0 aliphatic heterocycles. The standard InChI is InChI=1S/C14H19FN4/c15-10-5-6-11-12(7-10)18-14(17-11)19-13(8-16)9-3-1-2-4-9/h5-7,9,13H,1-4,8,16H2,(H2,17,18,19). The van der Waals surface area contributed by atoms with Crippen molar-refractivity contribution in [3.05, 3.63) is 24.0 Å². The van der Waals surface area contributed by atoms with Gasteiger partial charge in [-0.25, -0.2) is 9.37 Å². The number of H-pyrrole nitrogens is 1. The van der Waals surface area contributed by atoms with Gasteiger partial charge in [0.05, 0.1) is 11.0 Å². The first-order valence-electron chi connectivity index (χ1n) is 6.88. The lowest BCUT2D eigenvalue weighted by Gasteiger charge is -2.22. The lowest BCUT2D eigenvalue weighted by molar-refractivity contribution is 0.460. The summed E-state index contributed by atoms with van der Waals surface area (Å²) < 4.78 is 13.1. The molecule has 3 rings (SSSR count). The maximum Gasteiger partial charge on any atom is 0.201 e. The van der Waals surface area contributed by atoms with Crippen molar-refractivity contribution in [1.82, 2.24) is 9.97 Å². The number of nitrogens with two attached hydrogens (primary N) is 1. The molecule has 4 nitrogen and oxygen atoms in total. The largest absolute Gasteiger partial charge is 0.352 e. The van der Waals surface area contributed by atoms with Crippen molar-refractivity contribution < 1.29 is 4.39 Å². The molecule has 1 aromatic heterocycles. The second-order valence-corrected chi connectivity index (χ2v) is 5.28. The van der Waals surface area contributed by atoms with Gasteiger partial charge in [-0.1, -0.05) is 12.8 Å². The van der Waals surface area contributed by atoms with Crippen LogP contribution in [0.25, 0.3) is 11.0 Å². The van der Waals surface area contributed by atoms with Gasteiger partial charge in [0.25, 0.3) is 0 Å². The van der Waals surface area contributed by atoms with E-state index < -0.39 is 0 Å². The predicted octanol–water partition coefficient (Wildman–Crippen LogP) is 2.63. The lowest BCUT2D eigenvalue weighted by Crippen LogP contribution is -2.35. The Bertz CT molecular complexity index is 560. The highest BCUT2D eigenvalue weighted by Gasteiger charge is 2.24. The van der Waals surface area contributed by atoms with Gasteiger partial charge in [-0.05, 0) is 37.0 Å². The van der Waals surface area contributed by atoms with E-state index in [4.69, 9.17) is 5.73 Å². The SMILES string of the molecule is NCC(Nc1nc2ccc(F)cc2[nH]1)C1CCCC1. The molecule has 0 amide bonds. The summed E-state index contributed by atoms with van der Waals surface area (Å²) in [6.07, 6.45) is 5.02. The Balaban J connectivity index is 1.79. The number of imidazole rings is 1. The highest BCUT2D eigenvalue weighted by Crippen LogP contribution is 2.29. The zero-order chi connectivity index (χ0) is 13.2. The van der Waals surface area contributed by atoms with E-state index in [2.05, 4.69) is 15.3 Å². The molecule has 1 unspecified atom stereocenters. The number of hydrogen-bond acceptors (Lipinski definition) is 3. The summed E-state index contributed by atoms with van der Waals surface area (Å²) in [5, 5.41) is 3.37. The molecule has 102 valence electrons. The molecule has 0 bridgehead atoms. The lowest BCUT2D eigenvalue weighted by atomic mass is 9.98. The average Bonchev–Trinajstić information content (AvgIpc) is 3.04. The first-order valence-corrected chi connectivity index (χ1v) is 6.88. The topological polar surface area (TPSA) is 66.7 Å². The van der Waals surface area contributed by atoms with Gasteiger partial charge in [0.2, 0.25) is 5.95 Å². The van der Waals surface area contributed by atoms with Gasteiger partial charge >= 0.3 is 0 Å². The van der Waals surface area contributed by atoms with Gasteiger partial charge in [-0.15, -0.1) is 0 Å². The highest BCUT2D eigenvalue weighted by atomic mass is 19.1. The Morgan fingerprint density at radius 3 is 2.95 bits per heavy atom. The normalized spacial score (nSPS) is 18.0. The van der Waals surface area contributed by atoms with Crippen molar-refractivity contribution in [2.24, 2.45) is 11.7 Å². The van der Waals surface area contributed by atoms with Crippen LogP contribution >= 0.6 is 0 Å². The number of hydrogen-bond donors (Lipinski definition) is 3. The number of halogens is 1. The van der Waals surface area contributed by atoms with Crippen molar-refractivity contribution in [3.63, 3.8) is 0 Å². The first-order chi connectivity index (χ1) is 9.26. The second kappa shape index (κ2) is 5.17. The Morgan fingerprint density at radius 2 is 2.21 bits per heavy atom. The van der Waals surface area contributed by atoms with Crippen LogP contribution in [0.2, 0.25) is 0 Å². The number of fused-ring (bicyclic) bond motifs is 1. The molecule has 1 aliphatic carbocycles. The molecule has 1 atom stereocenters. The van der Waals surface area contributed by atoms with E-state index in [9.17, 15) is 4.39 Å².